The molecule has 0 heterocycles. The van der Waals surface area contributed by atoms with Crippen LogP contribution in [0.1, 0.15) is 20.8 Å². The Hall–Kier alpha value is -0.870. The van der Waals surface area contributed by atoms with Crippen LogP contribution in [0.3, 0.4) is 0 Å². The van der Waals surface area contributed by atoms with Crippen molar-refractivity contribution in [1.29, 1.82) is 0 Å². The van der Waals surface area contributed by atoms with E-state index >= 15 is 0 Å². The van der Waals surface area contributed by atoms with Gasteiger partial charge in [0.05, 0.1) is 0 Å². The molecule has 4 nitrogen and oxygen atoms in total. The number of carbonyl (C=O) groups is 1. The summed E-state index contributed by atoms with van der Waals surface area (Å²) in [5.74, 6) is -0.469. The second-order valence-corrected chi connectivity index (χ2v) is 2.59. The molecule has 0 amide bonds. The Morgan fingerprint density at radius 3 is 2.33 bits per heavy atom. The third-order valence-electron chi connectivity index (χ3n) is 1.03. The van der Waals surface area contributed by atoms with Crippen LogP contribution in [0.15, 0.2) is 12.2 Å². The van der Waals surface area contributed by atoms with Gasteiger partial charge in [0.1, 0.15) is 6.23 Å². The van der Waals surface area contributed by atoms with Crippen molar-refractivity contribution in [3.63, 3.8) is 0 Å². The van der Waals surface area contributed by atoms with Gasteiger partial charge in [0.15, 0.2) is 0 Å². The smallest absolute Gasteiger partial charge is 0.335 e. The molecule has 0 aromatic carbocycles. The molecule has 0 spiro atoms. The summed E-state index contributed by atoms with van der Waals surface area (Å²) in [7, 11) is 0. The van der Waals surface area contributed by atoms with Crippen LogP contribution in [-0.2, 0) is 14.3 Å². The lowest BCUT2D eigenvalue weighted by Crippen LogP contribution is -2.28. The van der Waals surface area contributed by atoms with Crippen molar-refractivity contribution in [3.8, 4) is 0 Å². The number of nitrogens with two attached hydrogens (primary N) is 1. The summed E-state index contributed by atoms with van der Waals surface area (Å²) in [6.45, 7) is 8.26. The molecule has 0 aliphatic carbocycles. The average molecular weight is 173 g/mol. The van der Waals surface area contributed by atoms with Crippen LogP contribution in [0.5, 0.6) is 0 Å². The SMILES string of the molecule is C=C(C)C(=O)OC(C)OC(C)N. The van der Waals surface area contributed by atoms with Crippen molar-refractivity contribution in [2.45, 2.75) is 33.3 Å². The Kier molecular flexibility index (Phi) is 4.54. The average Bonchev–Trinajstić information content (AvgIpc) is 1.84. The minimum atomic E-state index is -0.630. The summed E-state index contributed by atoms with van der Waals surface area (Å²) >= 11 is 0. The molecule has 12 heavy (non-hydrogen) atoms. The molecule has 0 radical (unpaired) electrons. The van der Waals surface area contributed by atoms with Crippen LogP contribution in [0, 0.1) is 0 Å². The molecular formula is C8H15NO3. The minimum absolute atomic E-state index is 0.343. The molecule has 0 aromatic heterocycles. The summed E-state index contributed by atoms with van der Waals surface area (Å²) in [4.78, 5) is 10.9. The first-order chi connectivity index (χ1) is 5.43. The van der Waals surface area contributed by atoms with Gasteiger partial charge in [0, 0.05) is 5.57 Å². The van der Waals surface area contributed by atoms with Crippen molar-refractivity contribution in [3.05, 3.63) is 12.2 Å². The van der Waals surface area contributed by atoms with Gasteiger partial charge in [-0.3, -0.25) is 0 Å². The molecule has 0 fully saturated rings. The van der Waals surface area contributed by atoms with E-state index in [9.17, 15) is 4.79 Å². The number of rotatable bonds is 4. The largest absolute Gasteiger partial charge is 0.433 e. The lowest BCUT2D eigenvalue weighted by Gasteiger charge is -2.16. The first-order valence-corrected chi connectivity index (χ1v) is 3.71. The van der Waals surface area contributed by atoms with Gasteiger partial charge in [-0.15, -0.1) is 0 Å². The highest BCUT2D eigenvalue weighted by Gasteiger charge is 2.10. The fraction of sp³-hybridized carbons (Fsp3) is 0.625. The summed E-state index contributed by atoms with van der Waals surface area (Å²) < 4.78 is 9.75. The van der Waals surface area contributed by atoms with Crippen molar-refractivity contribution >= 4 is 5.97 Å². The maximum absolute atomic E-state index is 10.9. The van der Waals surface area contributed by atoms with Gasteiger partial charge in [-0.1, -0.05) is 6.58 Å². The Bertz CT molecular complexity index is 177. The van der Waals surface area contributed by atoms with Crippen molar-refractivity contribution in [2.75, 3.05) is 0 Å². The number of hydrogen-bond donors (Lipinski definition) is 1. The van der Waals surface area contributed by atoms with Gasteiger partial charge >= 0.3 is 5.97 Å². The normalized spacial score (nSPS) is 15.0. The van der Waals surface area contributed by atoms with Gasteiger partial charge in [0.25, 0.3) is 0 Å². The van der Waals surface area contributed by atoms with E-state index in [1.165, 1.54) is 0 Å². The molecule has 2 atom stereocenters. The molecule has 0 bridgehead atoms. The van der Waals surface area contributed by atoms with Crippen LogP contribution in [0.4, 0.5) is 0 Å². The zero-order valence-corrected chi connectivity index (χ0v) is 7.66. The van der Waals surface area contributed by atoms with Gasteiger partial charge in [-0.2, -0.15) is 0 Å². The Morgan fingerprint density at radius 1 is 1.50 bits per heavy atom. The Morgan fingerprint density at radius 2 is 2.00 bits per heavy atom. The van der Waals surface area contributed by atoms with Gasteiger partial charge in [-0.05, 0) is 20.8 Å². The predicted octanol–water partition coefficient (Wildman–Crippen LogP) is 0.773. The fourth-order valence-electron chi connectivity index (χ4n) is 0.581. The Labute approximate surface area is 72.3 Å². The minimum Gasteiger partial charge on any atom is -0.433 e. The fourth-order valence-corrected chi connectivity index (χ4v) is 0.581. The van der Waals surface area contributed by atoms with Crippen LogP contribution in [-0.4, -0.2) is 18.5 Å². The van der Waals surface area contributed by atoms with Crippen molar-refractivity contribution in [2.24, 2.45) is 5.73 Å². The molecule has 0 aromatic rings. The van der Waals surface area contributed by atoms with E-state index < -0.39 is 18.5 Å². The first-order valence-electron chi connectivity index (χ1n) is 3.71. The highest BCUT2D eigenvalue weighted by Crippen LogP contribution is 2.00. The molecule has 0 rings (SSSR count). The van der Waals surface area contributed by atoms with Gasteiger partial charge < -0.3 is 15.2 Å². The molecule has 70 valence electrons. The molecule has 0 aliphatic heterocycles. The van der Waals surface area contributed by atoms with E-state index in [0.717, 1.165) is 0 Å². The first kappa shape index (κ1) is 11.1. The summed E-state index contributed by atoms with van der Waals surface area (Å²) in [6.07, 6.45) is -1.08. The zero-order valence-electron chi connectivity index (χ0n) is 7.66. The molecule has 0 aliphatic rings. The summed E-state index contributed by atoms with van der Waals surface area (Å²) in [5.41, 5.74) is 5.65. The van der Waals surface area contributed by atoms with E-state index in [1.807, 2.05) is 0 Å². The van der Waals surface area contributed by atoms with Crippen molar-refractivity contribution in [1.82, 2.24) is 0 Å². The topological polar surface area (TPSA) is 61.5 Å². The van der Waals surface area contributed by atoms with Crippen LogP contribution < -0.4 is 5.73 Å². The van der Waals surface area contributed by atoms with Crippen molar-refractivity contribution < 1.29 is 14.3 Å². The third kappa shape index (κ3) is 4.87. The standard InChI is InChI=1S/C8H15NO3/c1-5(2)8(10)12-7(4)11-6(3)9/h6-7H,1,9H2,2-4H3. The quantitative estimate of drug-likeness (QED) is 0.387. The number of hydrogen-bond acceptors (Lipinski definition) is 4. The summed E-state index contributed by atoms with van der Waals surface area (Å²) in [5, 5.41) is 0. The van der Waals surface area contributed by atoms with Gasteiger partial charge in [-0.25, -0.2) is 4.79 Å². The lowest BCUT2D eigenvalue weighted by atomic mass is 10.4. The molecule has 0 saturated heterocycles. The molecular weight excluding hydrogens is 158 g/mol. The van der Waals surface area contributed by atoms with E-state index in [-0.39, 0.29) is 0 Å². The second kappa shape index (κ2) is 4.90. The lowest BCUT2D eigenvalue weighted by molar-refractivity contribution is -0.178. The van der Waals surface area contributed by atoms with E-state index in [2.05, 4.69) is 6.58 Å². The number of esters is 1. The van der Waals surface area contributed by atoms with Crippen LogP contribution in [0.25, 0.3) is 0 Å². The monoisotopic (exact) mass is 173 g/mol. The van der Waals surface area contributed by atoms with E-state index in [4.69, 9.17) is 15.2 Å². The molecule has 0 saturated carbocycles. The predicted molar refractivity (Wildman–Crippen MR) is 45.1 cm³/mol. The zero-order chi connectivity index (χ0) is 9.72. The second-order valence-electron chi connectivity index (χ2n) is 2.59. The van der Waals surface area contributed by atoms with E-state index in [0.29, 0.717) is 5.57 Å². The molecule has 2 unspecified atom stereocenters. The maximum atomic E-state index is 10.9. The van der Waals surface area contributed by atoms with Gasteiger partial charge in [0.2, 0.25) is 6.29 Å². The highest BCUT2D eigenvalue weighted by molar-refractivity contribution is 5.86. The maximum Gasteiger partial charge on any atom is 0.335 e. The summed E-state index contributed by atoms with van der Waals surface area (Å²) in [6, 6.07) is 0. The number of carbonyl (C=O) groups excluding carboxylic acids is 1. The highest BCUT2D eigenvalue weighted by atomic mass is 16.7. The Balaban J connectivity index is 3.76. The van der Waals surface area contributed by atoms with Crippen LogP contribution >= 0.6 is 0 Å². The van der Waals surface area contributed by atoms with Crippen LogP contribution in [0.2, 0.25) is 0 Å². The molecule has 2 N–H and O–H groups in total. The van der Waals surface area contributed by atoms with E-state index in [1.54, 1.807) is 20.8 Å². The molecule has 4 heteroatoms. The number of ether oxygens (including phenoxy) is 2. The third-order valence-corrected chi connectivity index (χ3v) is 1.03.